The van der Waals surface area contributed by atoms with Crippen LogP contribution in [-0.2, 0) is 4.79 Å². The van der Waals surface area contributed by atoms with Gasteiger partial charge in [-0.25, -0.2) is 0 Å². The van der Waals surface area contributed by atoms with Gasteiger partial charge in [0.25, 0.3) is 5.22 Å². The molecule has 28 heavy (non-hydrogen) atoms. The maximum atomic E-state index is 12.3. The number of thioether (sulfide) groups is 1. The number of nitrogens with one attached hydrogen (secondary N) is 1. The van der Waals surface area contributed by atoms with E-state index in [0.717, 1.165) is 23.3 Å². The number of methoxy groups -OCH3 is 1. The van der Waals surface area contributed by atoms with Crippen molar-refractivity contribution in [3.8, 4) is 17.2 Å². The van der Waals surface area contributed by atoms with Gasteiger partial charge in [-0.3, -0.25) is 4.79 Å². The number of aromatic nitrogens is 2. The van der Waals surface area contributed by atoms with E-state index in [1.807, 2.05) is 31.2 Å². The molecule has 1 atom stereocenters. The molecule has 1 N–H and O–H groups in total. The van der Waals surface area contributed by atoms with Crippen LogP contribution >= 0.6 is 11.8 Å². The predicted octanol–water partition coefficient (Wildman–Crippen LogP) is 4.41. The van der Waals surface area contributed by atoms with Crippen LogP contribution in [0.5, 0.6) is 5.75 Å². The Balaban J connectivity index is 1.55. The number of hydrogen-bond acceptors (Lipinski definition) is 6. The van der Waals surface area contributed by atoms with Crippen molar-refractivity contribution < 1.29 is 13.9 Å². The Morgan fingerprint density at radius 1 is 1.14 bits per heavy atom. The number of carbonyl (C=O) groups excluding carboxylic acids is 1. The summed E-state index contributed by atoms with van der Waals surface area (Å²) in [6.45, 7) is 4.10. The fraction of sp³-hybridized carbons (Fsp3) is 0.286. The second-order valence-corrected chi connectivity index (χ2v) is 7.26. The molecule has 3 rings (SSSR count). The maximum Gasteiger partial charge on any atom is 0.277 e. The number of rotatable bonds is 8. The highest BCUT2D eigenvalue weighted by molar-refractivity contribution is 7.99. The topological polar surface area (TPSA) is 77.2 Å². The third-order valence-corrected chi connectivity index (χ3v) is 5.11. The number of amides is 1. The maximum absolute atomic E-state index is 12.3. The van der Waals surface area contributed by atoms with E-state index in [4.69, 9.17) is 9.15 Å². The highest BCUT2D eigenvalue weighted by atomic mass is 32.2. The van der Waals surface area contributed by atoms with E-state index in [1.54, 1.807) is 7.11 Å². The highest BCUT2D eigenvalue weighted by Gasteiger charge is 2.15. The van der Waals surface area contributed by atoms with Crippen molar-refractivity contribution in [3.63, 3.8) is 0 Å². The molecule has 1 unspecified atom stereocenters. The standard InChI is InChI=1S/C21H23N3O3S/c1-4-18(15-7-5-14(2)6-8-15)22-19(25)13-28-21-24-23-20(27-21)16-9-11-17(26-3)12-10-16/h5-12,18H,4,13H2,1-3H3,(H,22,25). The van der Waals surface area contributed by atoms with Crippen LogP contribution in [-0.4, -0.2) is 29.0 Å². The Hall–Kier alpha value is -2.80. The largest absolute Gasteiger partial charge is 0.497 e. The van der Waals surface area contributed by atoms with Crippen molar-refractivity contribution in [1.82, 2.24) is 15.5 Å². The Labute approximate surface area is 168 Å². The third kappa shape index (κ3) is 5.13. The lowest BCUT2D eigenvalue weighted by Gasteiger charge is -2.17. The van der Waals surface area contributed by atoms with Crippen LogP contribution in [0.15, 0.2) is 58.2 Å². The summed E-state index contributed by atoms with van der Waals surface area (Å²) in [4.78, 5) is 12.3. The lowest BCUT2D eigenvalue weighted by Crippen LogP contribution is -2.29. The fourth-order valence-electron chi connectivity index (χ4n) is 2.70. The van der Waals surface area contributed by atoms with Crippen molar-refractivity contribution in [2.24, 2.45) is 0 Å². The van der Waals surface area contributed by atoms with E-state index in [9.17, 15) is 4.79 Å². The normalized spacial score (nSPS) is 11.8. The van der Waals surface area contributed by atoms with Crippen molar-refractivity contribution >= 4 is 17.7 Å². The van der Waals surface area contributed by atoms with Gasteiger partial charge in [0.15, 0.2) is 0 Å². The van der Waals surface area contributed by atoms with Crippen molar-refractivity contribution in [2.45, 2.75) is 31.5 Å². The minimum absolute atomic E-state index is 0.00811. The Morgan fingerprint density at radius 3 is 2.50 bits per heavy atom. The molecule has 1 amide bonds. The summed E-state index contributed by atoms with van der Waals surface area (Å²) in [5.74, 6) is 1.32. The van der Waals surface area contributed by atoms with Gasteiger partial charge in [0.05, 0.1) is 18.9 Å². The molecule has 1 heterocycles. The van der Waals surface area contributed by atoms with E-state index in [0.29, 0.717) is 11.1 Å². The SMILES string of the molecule is CCC(NC(=O)CSc1nnc(-c2ccc(OC)cc2)o1)c1ccc(C)cc1. The van der Waals surface area contributed by atoms with E-state index in [2.05, 4.69) is 46.7 Å². The van der Waals surface area contributed by atoms with Crippen LogP contribution in [0.2, 0.25) is 0 Å². The monoisotopic (exact) mass is 397 g/mol. The van der Waals surface area contributed by atoms with E-state index < -0.39 is 0 Å². The van der Waals surface area contributed by atoms with Gasteiger partial charge in [-0.2, -0.15) is 0 Å². The van der Waals surface area contributed by atoms with Gasteiger partial charge < -0.3 is 14.5 Å². The molecule has 0 bridgehead atoms. The van der Waals surface area contributed by atoms with Gasteiger partial charge in [0, 0.05) is 5.56 Å². The smallest absolute Gasteiger partial charge is 0.277 e. The summed E-state index contributed by atoms with van der Waals surface area (Å²) >= 11 is 1.22. The molecular weight excluding hydrogens is 374 g/mol. The van der Waals surface area contributed by atoms with Crippen LogP contribution in [0.4, 0.5) is 0 Å². The van der Waals surface area contributed by atoms with Gasteiger partial charge in [-0.15, -0.1) is 10.2 Å². The molecule has 0 aliphatic heterocycles. The quantitative estimate of drug-likeness (QED) is 0.567. The summed E-state index contributed by atoms with van der Waals surface area (Å²) in [6.07, 6.45) is 0.821. The molecule has 0 saturated carbocycles. The summed E-state index contributed by atoms with van der Waals surface area (Å²) in [5, 5.41) is 11.5. The summed E-state index contributed by atoms with van der Waals surface area (Å²) in [7, 11) is 1.61. The van der Waals surface area contributed by atoms with Gasteiger partial charge in [-0.05, 0) is 43.2 Å². The van der Waals surface area contributed by atoms with Crippen LogP contribution < -0.4 is 10.1 Å². The van der Waals surface area contributed by atoms with E-state index >= 15 is 0 Å². The zero-order valence-electron chi connectivity index (χ0n) is 16.1. The molecule has 0 fully saturated rings. The van der Waals surface area contributed by atoms with Crippen molar-refractivity contribution in [2.75, 3.05) is 12.9 Å². The van der Waals surface area contributed by atoms with Gasteiger partial charge in [-0.1, -0.05) is 48.5 Å². The molecule has 0 aliphatic rings. The average Bonchev–Trinajstić information content (AvgIpc) is 3.20. The number of benzene rings is 2. The first-order valence-electron chi connectivity index (χ1n) is 9.05. The first kappa shape index (κ1) is 19.9. The number of ether oxygens (including phenoxy) is 1. The highest BCUT2D eigenvalue weighted by Crippen LogP contribution is 2.25. The molecule has 146 valence electrons. The minimum Gasteiger partial charge on any atom is -0.497 e. The molecule has 0 saturated heterocycles. The second kappa shape index (κ2) is 9.41. The van der Waals surface area contributed by atoms with Crippen LogP contribution in [0, 0.1) is 6.92 Å². The Kier molecular flexibility index (Phi) is 6.71. The summed E-state index contributed by atoms with van der Waals surface area (Å²) < 4.78 is 10.8. The zero-order chi connectivity index (χ0) is 19.9. The molecule has 3 aromatic rings. The zero-order valence-corrected chi connectivity index (χ0v) is 17.0. The van der Waals surface area contributed by atoms with Crippen LogP contribution in [0.3, 0.4) is 0 Å². The fourth-order valence-corrected chi connectivity index (χ4v) is 3.28. The second-order valence-electron chi connectivity index (χ2n) is 6.33. The number of carbonyl (C=O) groups is 1. The molecule has 1 aromatic heterocycles. The van der Waals surface area contributed by atoms with Gasteiger partial charge in [0.2, 0.25) is 11.8 Å². The Morgan fingerprint density at radius 2 is 1.86 bits per heavy atom. The number of aryl methyl sites for hydroxylation is 1. The lowest BCUT2D eigenvalue weighted by atomic mass is 10.0. The summed E-state index contributed by atoms with van der Waals surface area (Å²) in [5.41, 5.74) is 3.10. The molecule has 6 nitrogen and oxygen atoms in total. The predicted molar refractivity (Wildman–Crippen MR) is 109 cm³/mol. The molecular formula is C21H23N3O3S. The average molecular weight is 398 g/mol. The van der Waals surface area contributed by atoms with Crippen molar-refractivity contribution in [1.29, 1.82) is 0 Å². The molecule has 0 aliphatic carbocycles. The van der Waals surface area contributed by atoms with Gasteiger partial charge >= 0.3 is 0 Å². The first-order chi connectivity index (χ1) is 13.6. The minimum atomic E-state index is -0.0679. The number of hydrogen-bond donors (Lipinski definition) is 1. The molecule has 0 radical (unpaired) electrons. The van der Waals surface area contributed by atoms with Crippen molar-refractivity contribution in [3.05, 3.63) is 59.7 Å². The Bertz CT molecular complexity index is 907. The molecule has 2 aromatic carbocycles. The van der Waals surface area contributed by atoms with Gasteiger partial charge in [0.1, 0.15) is 5.75 Å². The first-order valence-corrected chi connectivity index (χ1v) is 10.0. The molecule has 0 spiro atoms. The summed E-state index contributed by atoms with van der Waals surface area (Å²) in [6, 6.07) is 15.6. The van der Waals surface area contributed by atoms with E-state index in [1.165, 1.54) is 17.3 Å². The third-order valence-electron chi connectivity index (χ3n) is 4.29. The number of nitrogens with zero attached hydrogens (tertiary/aromatic N) is 2. The van der Waals surface area contributed by atoms with Crippen LogP contribution in [0.25, 0.3) is 11.5 Å². The lowest BCUT2D eigenvalue weighted by molar-refractivity contribution is -0.119. The van der Waals surface area contributed by atoms with Crippen LogP contribution in [0.1, 0.15) is 30.5 Å². The molecule has 7 heteroatoms. The van der Waals surface area contributed by atoms with E-state index in [-0.39, 0.29) is 17.7 Å².